The van der Waals surface area contributed by atoms with Crippen molar-refractivity contribution in [1.29, 1.82) is 0 Å². The van der Waals surface area contributed by atoms with Gasteiger partial charge in [-0.3, -0.25) is 14.8 Å². The summed E-state index contributed by atoms with van der Waals surface area (Å²) in [5.74, 6) is -0.941. The van der Waals surface area contributed by atoms with E-state index in [0.29, 0.717) is 19.3 Å². The van der Waals surface area contributed by atoms with Crippen molar-refractivity contribution in [3.05, 3.63) is 59.9 Å². The SMILES string of the molecule is O=C(NC(Cc1ccccn1)C1CC(O)C1)c1ccncc1F. The first-order valence-electron chi connectivity index (χ1n) is 7.62. The van der Waals surface area contributed by atoms with Crippen molar-refractivity contribution in [1.82, 2.24) is 15.3 Å². The largest absolute Gasteiger partial charge is 0.393 e. The summed E-state index contributed by atoms with van der Waals surface area (Å²) in [6.45, 7) is 0. The van der Waals surface area contributed by atoms with E-state index in [9.17, 15) is 14.3 Å². The summed E-state index contributed by atoms with van der Waals surface area (Å²) < 4.78 is 13.7. The molecule has 1 atom stereocenters. The third-order valence-electron chi connectivity index (χ3n) is 4.21. The van der Waals surface area contributed by atoms with E-state index in [1.165, 1.54) is 12.3 Å². The number of nitrogens with one attached hydrogen (secondary N) is 1. The van der Waals surface area contributed by atoms with E-state index >= 15 is 0 Å². The Labute approximate surface area is 133 Å². The molecule has 1 aliphatic rings. The van der Waals surface area contributed by atoms with Gasteiger partial charge in [-0.25, -0.2) is 4.39 Å². The molecule has 1 saturated carbocycles. The Hall–Kier alpha value is -2.34. The van der Waals surface area contributed by atoms with Crippen molar-refractivity contribution in [3.8, 4) is 0 Å². The molecule has 2 heterocycles. The lowest BCUT2D eigenvalue weighted by atomic mass is 9.76. The van der Waals surface area contributed by atoms with Crippen LogP contribution in [0.15, 0.2) is 42.9 Å². The highest BCUT2D eigenvalue weighted by Gasteiger charge is 2.35. The molecular weight excluding hydrogens is 297 g/mol. The number of amides is 1. The Morgan fingerprint density at radius 2 is 2.17 bits per heavy atom. The molecule has 2 aromatic rings. The zero-order valence-electron chi connectivity index (χ0n) is 12.5. The van der Waals surface area contributed by atoms with Gasteiger partial charge in [-0.1, -0.05) is 6.07 Å². The van der Waals surface area contributed by atoms with Crippen LogP contribution >= 0.6 is 0 Å². The second-order valence-electron chi connectivity index (χ2n) is 5.85. The van der Waals surface area contributed by atoms with Gasteiger partial charge in [0.1, 0.15) is 0 Å². The number of pyridine rings is 2. The number of aromatic nitrogens is 2. The number of halogens is 1. The fourth-order valence-electron chi connectivity index (χ4n) is 2.84. The maximum Gasteiger partial charge on any atom is 0.254 e. The van der Waals surface area contributed by atoms with E-state index in [2.05, 4.69) is 15.3 Å². The van der Waals surface area contributed by atoms with E-state index in [4.69, 9.17) is 0 Å². The van der Waals surface area contributed by atoms with Crippen LogP contribution in [-0.4, -0.2) is 33.1 Å². The predicted octanol–water partition coefficient (Wildman–Crippen LogP) is 1.73. The van der Waals surface area contributed by atoms with Crippen molar-refractivity contribution >= 4 is 5.91 Å². The van der Waals surface area contributed by atoms with Gasteiger partial charge in [-0.2, -0.15) is 0 Å². The van der Waals surface area contributed by atoms with Crippen LogP contribution in [0.2, 0.25) is 0 Å². The quantitative estimate of drug-likeness (QED) is 0.881. The normalized spacial score (nSPS) is 21.3. The van der Waals surface area contributed by atoms with Gasteiger partial charge >= 0.3 is 0 Å². The van der Waals surface area contributed by atoms with Crippen molar-refractivity contribution < 1.29 is 14.3 Å². The summed E-state index contributed by atoms with van der Waals surface area (Å²) in [5.41, 5.74) is 0.834. The van der Waals surface area contributed by atoms with Crippen LogP contribution in [0, 0.1) is 11.7 Å². The van der Waals surface area contributed by atoms with E-state index in [1.54, 1.807) is 6.20 Å². The molecule has 0 spiro atoms. The first-order chi connectivity index (χ1) is 11.1. The Morgan fingerprint density at radius 3 is 2.83 bits per heavy atom. The molecule has 0 aliphatic heterocycles. The second-order valence-corrected chi connectivity index (χ2v) is 5.85. The second kappa shape index (κ2) is 6.83. The van der Waals surface area contributed by atoms with Crippen LogP contribution in [0.5, 0.6) is 0 Å². The van der Waals surface area contributed by atoms with Crippen LogP contribution in [0.4, 0.5) is 4.39 Å². The van der Waals surface area contributed by atoms with Gasteiger partial charge in [-0.15, -0.1) is 0 Å². The van der Waals surface area contributed by atoms with Crippen LogP contribution in [0.1, 0.15) is 28.9 Å². The highest BCUT2D eigenvalue weighted by atomic mass is 19.1. The molecule has 0 radical (unpaired) electrons. The number of carbonyl (C=O) groups is 1. The van der Waals surface area contributed by atoms with Crippen molar-refractivity contribution in [2.45, 2.75) is 31.4 Å². The number of hydrogen-bond acceptors (Lipinski definition) is 4. The Kier molecular flexibility index (Phi) is 4.62. The lowest BCUT2D eigenvalue weighted by molar-refractivity contribution is 0.0237. The lowest BCUT2D eigenvalue weighted by Crippen LogP contribution is -2.48. The standard InChI is InChI=1S/C17H18FN3O2/c18-15-10-19-6-4-14(15)17(23)21-16(11-7-13(22)8-11)9-12-3-1-2-5-20-12/h1-6,10-11,13,16,22H,7-9H2,(H,21,23). The van der Waals surface area contributed by atoms with Crippen LogP contribution in [-0.2, 0) is 6.42 Å². The predicted molar refractivity (Wildman–Crippen MR) is 82.1 cm³/mol. The minimum atomic E-state index is -0.643. The van der Waals surface area contributed by atoms with Crippen molar-refractivity contribution in [2.24, 2.45) is 5.92 Å². The molecule has 6 heteroatoms. The molecule has 0 aromatic carbocycles. The minimum absolute atomic E-state index is 0.0223. The number of rotatable bonds is 5. The van der Waals surface area contributed by atoms with Gasteiger partial charge in [0, 0.05) is 30.6 Å². The third kappa shape index (κ3) is 3.71. The molecule has 2 N–H and O–H groups in total. The Bertz CT molecular complexity index is 675. The van der Waals surface area contributed by atoms with E-state index in [0.717, 1.165) is 11.9 Å². The summed E-state index contributed by atoms with van der Waals surface area (Å²) >= 11 is 0. The first-order valence-corrected chi connectivity index (χ1v) is 7.62. The van der Waals surface area contributed by atoms with Gasteiger partial charge in [0.15, 0.2) is 5.82 Å². The zero-order valence-corrected chi connectivity index (χ0v) is 12.5. The fraction of sp³-hybridized carbons (Fsp3) is 0.353. The van der Waals surface area contributed by atoms with Gasteiger partial charge in [0.2, 0.25) is 0 Å². The number of aliphatic hydroxyl groups is 1. The van der Waals surface area contributed by atoms with Crippen LogP contribution in [0.3, 0.4) is 0 Å². The minimum Gasteiger partial charge on any atom is -0.393 e. The molecule has 2 aromatic heterocycles. The molecule has 23 heavy (non-hydrogen) atoms. The summed E-state index contributed by atoms with van der Waals surface area (Å²) in [6, 6.07) is 6.78. The molecular formula is C17H18FN3O2. The molecule has 1 unspecified atom stereocenters. The number of aliphatic hydroxyl groups excluding tert-OH is 1. The highest BCUT2D eigenvalue weighted by Crippen LogP contribution is 2.31. The lowest BCUT2D eigenvalue weighted by Gasteiger charge is -2.38. The molecule has 5 nitrogen and oxygen atoms in total. The Morgan fingerprint density at radius 1 is 1.35 bits per heavy atom. The van der Waals surface area contributed by atoms with Gasteiger partial charge in [0.25, 0.3) is 5.91 Å². The maximum absolute atomic E-state index is 13.7. The molecule has 1 fully saturated rings. The number of carbonyl (C=O) groups excluding carboxylic acids is 1. The molecule has 1 amide bonds. The molecule has 3 rings (SSSR count). The number of hydrogen-bond donors (Lipinski definition) is 2. The van der Waals surface area contributed by atoms with E-state index in [-0.39, 0.29) is 23.6 Å². The first kappa shape index (κ1) is 15.6. The van der Waals surface area contributed by atoms with Crippen LogP contribution < -0.4 is 5.32 Å². The monoisotopic (exact) mass is 315 g/mol. The van der Waals surface area contributed by atoms with E-state index in [1.807, 2.05) is 18.2 Å². The summed E-state index contributed by atoms with van der Waals surface area (Å²) in [7, 11) is 0. The van der Waals surface area contributed by atoms with Crippen molar-refractivity contribution in [3.63, 3.8) is 0 Å². The zero-order chi connectivity index (χ0) is 16.2. The molecule has 120 valence electrons. The average molecular weight is 315 g/mol. The maximum atomic E-state index is 13.7. The molecule has 1 aliphatic carbocycles. The van der Waals surface area contributed by atoms with Gasteiger partial charge in [0.05, 0.1) is 17.9 Å². The third-order valence-corrected chi connectivity index (χ3v) is 4.21. The summed E-state index contributed by atoms with van der Waals surface area (Å²) in [5, 5.41) is 12.4. The average Bonchev–Trinajstić information content (AvgIpc) is 2.52. The molecule has 0 saturated heterocycles. The van der Waals surface area contributed by atoms with Gasteiger partial charge in [-0.05, 0) is 37.0 Å². The fourth-order valence-corrected chi connectivity index (χ4v) is 2.84. The van der Waals surface area contributed by atoms with E-state index < -0.39 is 11.7 Å². The topological polar surface area (TPSA) is 75.1 Å². The summed E-state index contributed by atoms with van der Waals surface area (Å²) in [6.07, 6.45) is 5.62. The summed E-state index contributed by atoms with van der Waals surface area (Å²) in [4.78, 5) is 20.3. The molecule has 0 bridgehead atoms. The number of nitrogens with zero attached hydrogens (tertiary/aromatic N) is 2. The highest BCUT2D eigenvalue weighted by molar-refractivity contribution is 5.94. The van der Waals surface area contributed by atoms with Gasteiger partial charge < -0.3 is 10.4 Å². The van der Waals surface area contributed by atoms with Crippen molar-refractivity contribution in [2.75, 3.05) is 0 Å². The van der Waals surface area contributed by atoms with Crippen LogP contribution in [0.25, 0.3) is 0 Å². The Balaban J connectivity index is 1.73. The smallest absolute Gasteiger partial charge is 0.254 e.